The van der Waals surface area contributed by atoms with Gasteiger partial charge in [0.1, 0.15) is 12.4 Å². The molecule has 19 heavy (non-hydrogen) atoms. The van der Waals surface area contributed by atoms with E-state index in [0.29, 0.717) is 5.13 Å². The molecule has 0 saturated carbocycles. The Kier molecular flexibility index (Phi) is 4.23. The summed E-state index contributed by atoms with van der Waals surface area (Å²) in [5.74, 6) is 3.77. The number of carbonyl (C=O) groups is 1. The van der Waals surface area contributed by atoms with E-state index in [9.17, 15) is 9.18 Å². The molecule has 0 radical (unpaired) electrons. The third kappa shape index (κ3) is 3.37. The molecule has 0 aliphatic carbocycles. The third-order valence-electron chi connectivity index (χ3n) is 2.19. The number of carbonyl (C=O) groups excluding carboxylic acids is 1. The first kappa shape index (κ1) is 13.2. The van der Waals surface area contributed by atoms with E-state index in [2.05, 4.69) is 22.1 Å². The van der Waals surface area contributed by atoms with Crippen molar-refractivity contribution in [1.29, 1.82) is 0 Å². The summed E-state index contributed by atoms with van der Waals surface area (Å²) in [6.07, 6.45) is 1.56. The third-order valence-corrected chi connectivity index (χ3v) is 2.87. The summed E-state index contributed by atoms with van der Waals surface area (Å²) in [5, 5.41) is 13.3. The van der Waals surface area contributed by atoms with Crippen molar-refractivity contribution in [2.45, 2.75) is 0 Å². The first-order valence-corrected chi connectivity index (χ1v) is 6.19. The van der Waals surface area contributed by atoms with Crippen LogP contribution in [-0.2, 0) is 0 Å². The highest BCUT2D eigenvalue weighted by atomic mass is 32.1. The van der Waals surface area contributed by atoms with Gasteiger partial charge in [-0.2, -0.15) is 0 Å². The summed E-state index contributed by atoms with van der Waals surface area (Å²) in [7, 11) is 0. The Labute approximate surface area is 112 Å². The molecule has 0 spiro atoms. The van der Waals surface area contributed by atoms with Crippen molar-refractivity contribution >= 4 is 22.4 Å². The smallest absolute Gasteiger partial charge is 0.257 e. The second kappa shape index (κ2) is 6.09. The number of aromatic nitrogens is 1. The van der Waals surface area contributed by atoms with E-state index >= 15 is 0 Å². The molecule has 0 aliphatic heterocycles. The average molecular weight is 276 g/mol. The second-order valence-corrected chi connectivity index (χ2v) is 4.34. The largest absolute Gasteiger partial charge is 0.384 e. The quantitative estimate of drug-likeness (QED) is 0.823. The van der Waals surface area contributed by atoms with Crippen molar-refractivity contribution in [2.24, 2.45) is 0 Å². The zero-order valence-corrected chi connectivity index (χ0v) is 10.5. The number of aliphatic hydroxyl groups excluding tert-OH is 1. The molecule has 6 heteroatoms. The van der Waals surface area contributed by atoms with Crippen LogP contribution in [0.5, 0.6) is 0 Å². The Bertz CT molecular complexity index is 644. The molecule has 0 aliphatic rings. The van der Waals surface area contributed by atoms with Crippen molar-refractivity contribution < 1.29 is 14.3 Å². The zero-order chi connectivity index (χ0) is 13.7. The number of rotatable bonds is 2. The lowest BCUT2D eigenvalue weighted by molar-refractivity contribution is 0.102. The fourth-order valence-corrected chi connectivity index (χ4v) is 1.87. The van der Waals surface area contributed by atoms with E-state index in [0.717, 1.165) is 6.07 Å². The predicted octanol–water partition coefficient (Wildman–Crippen LogP) is 1.88. The van der Waals surface area contributed by atoms with E-state index in [4.69, 9.17) is 5.11 Å². The summed E-state index contributed by atoms with van der Waals surface area (Å²) in [6.45, 7) is -0.342. The summed E-state index contributed by atoms with van der Waals surface area (Å²) in [4.78, 5) is 15.7. The number of nitrogens with zero attached hydrogens (tertiary/aromatic N) is 1. The molecular formula is C13H9FN2O2S. The molecule has 2 N–H and O–H groups in total. The van der Waals surface area contributed by atoms with E-state index in [1.165, 1.54) is 23.5 Å². The van der Waals surface area contributed by atoms with Gasteiger partial charge in [-0.3, -0.25) is 10.1 Å². The minimum absolute atomic E-state index is 0.139. The Hall–Kier alpha value is -2.23. The van der Waals surface area contributed by atoms with Crippen LogP contribution in [0.4, 0.5) is 9.52 Å². The normalized spacial score (nSPS) is 9.58. The van der Waals surface area contributed by atoms with Crippen molar-refractivity contribution in [3.05, 3.63) is 46.7 Å². The zero-order valence-electron chi connectivity index (χ0n) is 9.68. The first-order chi connectivity index (χ1) is 9.20. The maximum Gasteiger partial charge on any atom is 0.257 e. The molecular weight excluding hydrogens is 267 g/mol. The number of halogens is 1. The molecule has 1 amide bonds. The highest BCUT2D eigenvalue weighted by molar-refractivity contribution is 7.13. The maximum absolute atomic E-state index is 13.6. The number of hydrogen-bond donors (Lipinski definition) is 2. The Morgan fingerprint density at radius 3 is 3.00 bits per heavy atom. The van der Waals surface area contributed by atoms with Crippen LogP contribution in [-0.4, -0.2) is 22.6 Å². The highest BCUT2D eigenvalue weighted by Crippen LogP contribution is 2.14. The molecule has 1 aromatic carbocycles. The maximum atomic E-state index is 13.6. The van der Waals surface area contributed by atoms with E-state index < -0.39 is 11.7 Å². The molecule has 2 aromatic rings. The molecule has 1 heterocycles. The molecule has 4 nitrogen and oxygen atoms in total. The van der Waals surface area contributed by atoms with Crippen LogP contribution in [0.15, 0.2) is 29.8 Å². The molecule has 1 aromatic heterocycles. The standard InChI is InChI=1S/C13H9FN2O2S/c14-11-8-10(4-3-9(11)2-1-6-17)12(18)16-13-15-5-7-19-13/h3-5,7-8,17H,6H2,(H,15,16,18). The lowest BCUT2D eigenvalue weighted by Crippen LogP contribution is -2.12. The van der Waals surface area contributed by atoms with Gasteiger partial charge in [-0.15, -0.1) is 11.3 Å². The topological polar surface area (TPSA) is 62.2 Å². The Morgan fingerprint density at radius 1 is 1.53 bits per heavy atom. The summed E-state index contributed by atoms with van der Waals surface area (Å²) < 4.78 is 13.6. The van der Waals surface area contributed by atoms with Gasteiger partial charge in [0.25, 0.3) is 5.91 Å². The van der Waals surface area contributed by atoms with Crippen LogP contribution in [0.25, 0.3) is 0 Å². The van der Waals surface area contributed by atoms with Crippen molar-refractivity contribution in [1.82, 2.24) is 4.98 Å². The van der Waals surface area contributed by atoms with Crippen LogP contribution >= 0.6 is 11.3 Å². The number of thiazole rings is 1. The van der Waals surface area contributed by atoms with Crippen LogP contribution in [0.1, 0.15) is 15.9 Å². The van der Waals surface area contributed by atoms with Crippen molar-refractivity contribution in [2.75, 3.05) is 11.9 Å². The van der Waals surface area contributed by atoms with E-state index in [1.54, 1.807) is 11.6 Å². The average Bonchev–Trinajstić information content (AvgIpc) is 2.90. The number of nitrogens with one attached hydrogen (secondary N) is 1. The van der Waals surface area contributed by atoms with Crippen LogP contribution in [0.2, 0.25) is 0 Å². The number of aliphatic hydroxyl groups is 1. The number of amides is 1. The monoisotopic (exact) mass is 276 g/mol. The molecule has 0 unspecified atom stereocenters. The van der Waals surface area contributed by atoms with Crippen LogP contribution in [0, 0.1) is 17.7 Å². The Morgan fingerprint density at radius 2 is 2.37 bits per heavy atom. The Balaban J connectivity index is 2.17. The number of anilines is 1. The van der Waals surface area contributed by atoms with Crippen LogP contribution in [0.3, 0.4) is 0 Å². The van der Waals surface area contributed by atoms with Gasteiger partial charge in [0.2, 0.25) is 0 Å². The molecule has 0 atom stereocenters. The number of hydrogen-bond acceptors (Lipinski definition) is 4. The van der Waals surface area contributed by atoms with E-state index in [-0.39, 0.29) is 17.7 Å². The summed E-state index contributed by atoms with van der Waals surface area (Å²) >= 11 is 1.28. The second-order valence-electron chi connectivity index (χ2n) is 3.45. The lowest BCUT2D eigenvalue weighted by atomic mass is 10.1. The molecule has 2 rings (SSSR count). The SMILES string of the molecule is O=C(Nc1nccs1)c1ccc(C#CCO)c(F)c1. The minimum atomic E-state index is -0.604. The minimum Gasteiger partial charge on any atom is -0.384 e. The van der Waals surface area contributed by atoms with E-state index in [1.807, 2.05) is 0 Å². The molecule has 0 fully saturated rings. The van der Waals surface area contributed by atoms with Gasteiger partial charge >= 0.3 is 0 Å². The summed E-state index contributed by atoms with van der Waals surface area (Å²) in [5.41, 5.74) is 0.321. The fourth-order valence-electron chi connectivity index (χ4n) is 1.35. The molecule has 0 saturated heterocycles. The van der Waals surface area contributed by atoms with Crippen molar-refractivity contribution in [3.8, 4) is 11.8 Å². The van der Waals surface area contributed by atoms with Gasteiger partial charge < -0.3 is 5.11 Å². The molecule has 96 valence electrons. The highest BCUT2D eigenvalue weighted by Gasteiger charge is 2.10. The van der Waals surface area contributed by atoms with Gasteiger partial charge in [-0.1, -0.05) is 11.8 Å². The predicted molar refractivity (Wildman–Crippen MR) is 70.4 cm³/mol. The van der Waals surface area contributed by atoms with Crippen molar-refractivity contribution in [3.63, 3.8) is 0 Å². The van der Waals surface area contributed by atoms with Gasteiger partial charge in [0, 0.05) is 17.1 Å². The van der Waals surface area contributed by atoms with Gasteiger partial charge in [-0.05, 0) is 18.2 Å². The van der Waals surface area contributed by atoms with Gasteiger partial charge in [-0.25, -0.2) is 9.37 Å². The first-order valence-electron chi connectivity index (χ1n) is 5.31. The van der Waals surface area contributed by atoms with Gasteiger partial charge in [0.05, 0.1) is 5.56 Å². The number of benzene rings is 1. The fraction of sp³-hybridized carbons (Fsp3) is 0.0769. The van der Waals surface area contributed by atoms with Gasteiger partial charge in [0.15, 0.2) is 5.13 Å². The molecule has 0 bridgehead atoms. The summed E-state index contributed by atoms with van der Waals surface area (Å²) in [6, 6.07) is 3.96. The lowest BCUT2D eigenvalue weighted by Gasteiger charge is -2.02. The van der Waals surface area contributed by atoms with Crippen LogP contribution < -0.4 is 5.32 Å².